The molecule has 0 aromatic carbocycles. The van der Waals surface area contributed by atoms with Crippen LogP contribution in [-0.2, 0) is 9.53 Å². The summed E-state index contributed by atoms with van der Waals surface area (Å²) >= 11 is 0. The van der Waals surface area contributed by atoms with Crippen LogP contribution in [0, 0.1) is 5.92 Å². The Labute approximate surface area is 83.8 Å². The van der Waals surface area contributed by atoms with Crippen molar-refractivity contribution in [2.45, 2.75) is 38.2 Å². The highest BCUT2D eigenvalue weighted by Crippen LogP contribution is 2.28. The van der Waals surface area contributed by atoms with E-state index < -0.39 is 6.67 Å². The number of primary amides is 1. The minimum Gasteiger partial charge on any atom is -0.376 e. The fourth-order valence-corrected chi connectivity index (χ4v) is 2.00. The van der Waals surface area contributed by atoms with Gasteiger partial charge in [-0.25, -0.2) is 4.39 Å². The monoisotopic (exact) mass is 203 g/mol. The predicted molar refractivity (Wildman–Crippen MR) is 51.5 cm³/mol. The molecule has 1 aliphatic rings. The standard InChI is InChI=1S/C10H18FNO2/c11-5-6-14-9-3-1-8(2-4-9)7-10(12)13/h8-9H,1-7H2,(H2,12,13). The molecule has 0 radical (unpaired) electrons. The molecule has 82 valence electrons. The normalized spacial score (nSPS) is 27.5. The van der Waals surface area contributed by atoms with Crippen LogP contribution in [0.4, 0.5) is 4.39 Å². The van der Waals surface area contributed by atoms with E-state index in [4.69, 9.17) is 10.5 Å². The van der Waals surface area contributed by atoms with Crippen molar-refractivity contribution < 1.29 is 13.9 Å². The molecule has 0 spiro atoms. The number of ether oxygens (including phenoxy) is 1. The molecule has 0 saturated heterocycles. The molecular formula is C10H18FNO2. The molecule has 3 nitrogen and oxygen atoms in total. The van der Waals surface area contributed by atoms with E-state index in [0.717, 1.165) is 25.7 Å². The van der Waals surface area contributed by atoms with E-state index in [9.17, 15) is 9.18 Å². The quantitative estimate of drug-likeness (QED) is 0.734. The van der Waals surface area contributed by atoms with Crippen LogP contribution in [0.3, 0.4) is 0 Å². The lowest BCUT2D eigenvalue weighted by molar-refractivity contribution is -0.119. The van der Waals surface area contributed by atoms with Gasteiger partial charge in [-0.15, -0.1) is 0 Å². The second kappa shape index (κ2) is 5.96. The Balaban J connectivity index is 2.14. The number of amides is 1. The number of halogens is 1. The van der Waals surface area contributed by atoms with Crippen molar-refractivity contribution >= 4 is 5.91 Å². The van der Waals surface area contributed by atoms with Crippen LogP contribution in [-0.4, -0.2) is 25.3 Å². The van der Waals surface area contributed by atoms with Crippen molar-refractivity contribution in [2.24, 2.45) is 11.7 Å². The van der Waals surface area contributed by atoms with E-state index in [0.29, 0.717) is 12.3 Å². The third kappa shape index (κ3) is 4.05. The van der Waals surface area contributed by atoms with Gasteiger partial charge in [0.05, 0.1) is 12.7 Å². The molecule has 0 unspecified atom stereocenters. The number of hydrogen-bond acceptors (Lipinski definition) is 2. The Kier molecular flexibility index (Phi) is 4.87. The maximum atomic E-state index is 11.8. The van der Waals surface area contributed by atoms with Gasteiger partial charge in [-0.3, -0.25) is 4.79 Å². The first kappa shape index (κ1) is 11.4. The highest BCUT2D eigenvalue weighted by Gasteiger charge is 2.22. The Morgan fingerprint density at radius 3 is 2.50 bits per heavy atom. The van der Waals surface area contributed by atoms with Crippen LogP contribution in [0.25, 0.3) is 0 Å². The summed E-state index contributed by atoms with van der Waals surface area (Å²) < 4.78 is 17.1. The van der Waals surface area contributed by atoms with Crippen molar-refractivity contribution in [1.29, 1.82) is 0 Å². The third-order valence-electron chi connectivity index (χ3n) is 2.71. The van der Waals surface area contributed by atoms with E-state index in [1.165, 1.54) is 0 Å². The lowest BCUT2D eigenvalue weighted by atomic mass is 9.85. The predicted octanol–water partition coefficient (Wildman–Crippen LogP) is 1.41. The zero-order valence-corrected chi connectivity index (χ0v) is 8.38. The zero-order valence-electron chi connectivity index (χ0n) is 8.38. The average molecular weight is 203 g/mol. The Morgan fingerprint density at radius 1 is 1.36 bits per heavy atom. The number of rotatable bonds is 5. The van der Waals surface area contributed by atoms with Crippen molar-refractivity contribution in [3.63, 3.8) is 0 Å². The second-order valence-electron chi connectivity index (χ2n) is 3.87. The van der Waals surface area contributed by atoms with Crippen LogP contribution in [0.2, 0.25) is 0 Å². The maximum absolute atomic E-state index is 11.8. The summed E-state index contributed by atoms with van der Waals surface area (Å²) in [6, 6.07) is 0. The van der Waals surface area contributed by atoms with E-state index in [1.54, 1.807) is 0 Å². The van der Waals surface area contributed by atoms with E-state index in [-0.39, 0.29) is 18.6 Å². The number of carbonyl (C=O) groups is 1. The van der Waals surface area contributed by atoms with Gasteiger partial charge in [-0.1, -0.05) is 0 Å². The van der Waals surface area contributed by atoms with E-state index >= 15 is 0 Å². The van der Waals surface area contributed by atoms with Crippen LogP contribution >= 0.6 is 0 Å². The van der Waals surface area contributed by atoms with Crippen molar-refractivity contribution in [3.05, 3.63) is 0 Å². The lowest BCUT2D eigenvalue weighted by Gasteiger charge is -2.27. The van der Waals surface area contributed by atoms with Gasteiger partial charge >= 0.3 is 0 Å². The molecule has 14 heavy (non-hydrogen) atoms. The van der Waals surface area contributed by atoms with Crippen LogP contribution in [0.15, 0.2) is 0 Å². The Morgan fingerprint density at radius 2 is 2.00 bits per heavy atom. The summed E-state index contributed by atoms with van der Waals surface area (Å²) in [5.41, 5.74) is 5.12. The molecule has 1 fully saturated rings. The van der Waals surface area contributed by atoms with Gasteiger partial charge in [0.2, 0.25) is 5.91 Å². The molecule has 2 N–H and O–H groups in total. The molecule has 0 bridgehead atoms. The molecule has 1 amide bonds. The highest BCUT2D eigenvalue weighted by molar-refractivity contribution is 5.73. The minimum atomic E-state index is -0.415. The SMILES string of the molecule is NC(=O)CC1CCC(OCCF)CC1. The van der Waals surface area contributed by atoms with Gasteiger partial charge in [-0.2, -0.15) is 0 Å². The molecule has 1 aliphatic carbocycles. The van der Waals surface area contributed by atoms with Gasteiger partial charge in [0.25, 0.3) is 0 Å². The molecule has 4 heteroatoms. The summed E-state index contributed by atoms with van der Waals surface area (Å²) in [4.78, 5) is 10.7. The fourth-order valence-electron chi connectivity index (χ4n) is 2.00. The average Bonchev–Trinajstić information content (AvgIpc) is 2.16. The van der Waals surface area contributed by atoms with Crippen LogP contribution in [0.5, 0.6) is 0 Å². The molecular weight excluding hydrogens is 185 g/mol. The van der Waals surface area contributed by atoms with Gasteiger partial charge in [-0.05, 0) is 31.6 Å². The molecule has 0 aromatic rings. The second-order valence-corrected chi connectivity index (χ2v) is 3.87. The smallest absolute Gasteiger partial charge is 0.217 e. The van der Waals surface area contributed by atoms with Crippen LogP contribution < -0.4 is 5.73 Å². The highest BCUT2D eigenvalue weighted by atomic mass is 19.1. The zero-order chi connectivity index (χ0) is 10.4. The number of carbonyl (C=O) groups excluding carboxylic acids is 1. The van der Waals surface area contributed by atoms with Gasteiger partial charge in [0, 0.05) is 6.42 Å². The third-order valence-corrected chi connectivity index (χ3v) is 2.71. The summed E-state index contributed by atoms with van der Waals surface area (Å²) in [6.45, 7) is -0.216. The van der Waals surface area contributed by atoms with Gasteiger partial charge in [0.15, 0.2) is 0 Å². The number of nitrogens with two attached hydrogens (primary N) is 1. The fraction of sp³-hybridized carbons (Fsp3) is 0.900. The first-order chi connectivity index (χ1) is 6.72. The molecule has 1 saturated carbocycles. The molecule has 1 rings (SSSR count). The Hall–Kier alpha value is -0.640. The molecule has 0 aliphatic heterocycles. The van der Waals surface area contributed by atoms with Gasteiger partial charge in [0.1, 0.15) is 6.67 Å². The van der Waals surface area contributed by atoms with Crippen LogP contribution in [0.1, 0.15) is 32.1 Å². The van der Waals surface area contributed by atoms with E-state index in [2.05, 4.69) is 0 Å². The summed E-state index contributed by atoms with van der Waals surface area (Å²) in [5.74, 6) is 0.191. The number of hydrogen-bond donors (Lipinski definition) is 1. The van der Waals surface area contributed by atoms with Crippen molar-refractivity contribution in [1.82, 2.24) is 0 Å². The Bertz CT molecular complexity index is 179. The largest absolute Gasteiger partial charge is 0.376 e. The molecule has 0 heterocycles. The van der Waals surface area contributed by atoms with Gasteiger partial charge < -0.3 is 10.5 Å². The van der Waals surface area contributed by atoms with E-state index in [1.807, 2.05) is 0 Å². The summed E-state index contributed by atoms with van der Waals surface area (Å²) in [6.07, 6.45) is 4.47. The minimum absolute atomic E-state index is 0.190. The topological polar surface area (TPSA) is 52.3 Å². The van der Waals surface area contributed by atoms with Crippen molar-refractivity contribution in [2.75, 3.05) is 13.3 Å². The lowest BCUT2D eigenvalue weighted by Crippen LogP contribution is -2.25. The maximum Gasteiger partial charge on any atom is 0.217 e. The van der Waals surface area contributed by atoms with Crippen molar-refractivity contribution in [3.8, 4) is 0 Å². The molecule has 0 aromatic heterocycles. The summed E-state index contributed by atoms with van der Waals surface area (Å²) in [7, 11) is 0. The molecule has 0 atom stereocenters. The summed E-state index contributed by atoms with van der Waals surface area (Å²) in [5, 5.41) is 0. The number of alkyl halides is 1. The first-order valence-corrected chi connectivity index (χ1v) is 5.18. The first-order valence-electron chi connectivity index (χ1n) is 5.18.